The Bertz CT molecular complexity index is 751. The number of nitrogens with one attached hydrogen (secondary N) is 1. The van der Waals surface area contributed by atoms with Gasteiger partial charge >= 0.3 is 0 Å². The number of para-hydroxylation sites is 1. The minimum absolute atomic E-state index is 0.00120. The molecule has 0 saturated carbocycles. The zero-order valence-electron chi connectivity index (χ0n) is 12.8. The van der Waals surface area contributed by atoms with Gasteiger partial charge in [0, 0.05) is 18.9 Å². The van der Waals surface area contributed by atoms with Gasteiger partial charge in [-0.15, -0.1) is 0 Å². The van der Waals surface area contributed by atoms with Gasteiger partial charge in [0.05, 0.1) is 17.1 Å². The summed E-state index contributed by atoms with van der Waals surface area (Å²) in [6, 6.07) is 10.7. The summed E-state index contributed by atoms with van der Waals surface area (Å²) >= 11 is 5.75. The van der Waals surface area contributed by atoms with Crippen LogP contribution in [0.5, 0.6) is 5.75 Å². The summed E-state index contributed by atoms with van der Waals surface area (Å²) in [6.07, 6.45) is 0. The predicted octanol–water partition coefficient (Wildman–Crippen LogP) is 3.53. The smallest absolute Gasteiger partial charge is 0.289 e. The van der Waals surface area contributed by atoms with Crippen LogP contribution in [-0.2, 0) is 4.74 Å². The van der Waals surface area contributed by atoms with E-state index in [-0.39, 0.29) is 16.4 Å². The number of methoxy groups -OCH3 is 1. The van der Waals surface area contributed by atoms with Crippen molar-refractivity contribution in [1.82, 2.24) is 0 Å². The van der Waals surface area contributed by atoms with Gasteiger partial charge in [0.1, 0.15) is 17.4 Å². The van der Waals surface area contributed by atoms with Crippen LogP contribution in [0.1, 0.15) is 10.4 Å². The highest BCUT2D eigenvalue weighted by molar-refractivity contribution is 6.32. The van der Waals surface area contributed by atoms with E-state index in [1.54, 1.807) is 31.4 Å². The van der Waals surface area contributed by atoms with E-state index in [4.69, 9.17) is 21.1 Å². The molecule has 24 heavy (non-hydrogen) atoms. The monoisotopic (exact) mass is 350 g/mol. The van der Waals surface area contributed by atoms with Gasteiger partial charge in [-0.2, -0.15) is 0 Å². The molecule has 8 heteroatoms. The van der Waals surface area contributed by atoms with Crippen molar-refractivity contribution in [2.75, 3.05) is 25.6 Å². The number of hydrogen-bond donors (Lipinski definition) is 1. The van der Waals surface area contributed by atoms with E-state index in [0.29, 0.717) is 24.5 Å². The lowest BCUT2D eigenvalue weighted by Gasteiger charge is -2.11. The Morgan fingerprint density at radius 2 is 2.00 bits per heavy atom. The topological polar surface area (TPSA) is 90.7 Å². The van der Waals surface area contributed by atoms with Crippen molar-refractivity contribution >= 4 is 28.9 Å². The van der Waals surface area contributed by atoms with E-state index in [0.717, 1.165) is 0 Å². The first kappa shape index (κ1) is 17.7. The van der Waals surface area contributed by atoms with E-state index in [1.165, 1.54) is 18.2 Å². The molecule has 0 saturated heterocycles. The summed E-state index contributed by atoms with van der Waals surface area (Å²) in [6.45, 7) is 0.687. The molecule has 7 nitrogen and oxygen atoms in total. The summed E-state index contributed by atoms with van der Waals surface area (Å²) in [7, 11) is 1.55. The number of hydrogen-bond acceptors (Lipinski definition) is 5. The summed E-state index contributed by atoms with van der Waals surface area (Å²) in [5, 5.41) is 13.5. The molecule has 2 rings (SSSR count). The third-order valence-electron chi connectivity index (χ3n) is 3.08. The van der Waals surface area contributed by atoms with Crippen molar-refractivity contribution in [3.8, 4) is 5.75 Å². The Morgan fingerprint density at radius 3 is 2.71 bits per heavy atom. The van der Waals surface area contributed by atoms with Crippen molar-refractivity contribution < 1.29 is 19.2 Å². The number of amides is 1. The number of benzene rings is 2. The summed E-state index contributed by atoms with van der Waals surface area (Å²) in [5.41, 5.74) is 0.299. The third kappa shape index (κ3) is 4.43. The van der Waals surface area contributed by atoms with Crippen LogP contribution in [-0.4, -0.2) is 31.2 Å². The molecule has 0 fully saturated rings. The van der Waals surface area contributed by atoms with Crippen molar-refractivity contribution in [1.29, 1.82) is 0 Å². The minimum atomic E-state index is -0.611. The number of carbonyl (C=O) groups is 1. The second-order valence-electron chi connectivity index (χ2n) is 4.71. The Hall–Kier alpha value is -2.64. The first-order valence-corrected chi connectivity index (χ1v) is 7.36. The molecule has 0 aromatic heterocycles. The lowest BCUT2D eigenvalue weighted by molar-refractivity contribution is -0.384. The van der Waals surface area contributed by atoms with Crippen molar-refractivity contribution in [2.45, 2.75) is 0 Å². The summed E-state index contributed by atoms with van der Waals surface area (Å²) < 4.78 is 10.4. The van der Waals surface area contributed by atoms with Gasteiger partial charge in [-0.3, -0.25) is 14.9 Å². The van der Waals surface area contributed by atoms with Crippen LogP contribution < -0.4 is 10.1 Å². The first-order chi connectivity index (χ1) is 11.5. The Morgan fingerprint density at radius 1 is 1.25 bits per heavy atom. The molecule has 0 spiro atoms. The highest BCUT2D eigenvalue weighted by Crippen LogP contribution is 2.28. The lowest BCUT2D eigenvalue weighted by atomic mass is 10.2. The fourth-order valence-electron chi connectivity index (χ4n) is 1.94. The maximum Gasteiger partial charge on any atom is 0.289 e. The number of ether oxygens (including phenoxy) is 2. The fourth-order valence-corrected chi connectivity index (χ4v) is 2.13. The predicted molar refractivity (Wildman–Crippen MR) is 89.9 cm³/mol. The van der Waals surface area contributed by atoms with Crippen LogP contribution in [0, 0.1) is 10.1 Å². The van der Waals surface area contributed by atoms with E-state index in [1.807, 2.05) is 0 Å². The molecule has 0 unspecified atom stereocenters. The second kappa shape index (κ2) is 8.28. The third-order valence-corrected chi connectivity index (χ3v) is 3.40. The zero-order valence-corrected chi connectivity index (χ0v) is 13.6. The van der Waals surface area contributed by atoms with Gasteiger partial charge in [-0.1, -0.05) is 23.7 Å². The number of halogens is 1. The van der Waals surface area contributed by atoms with Crippen molar-refractivity contribution in [3.63, 3.8) is 0 Å². The van der Waals surface area contributed by atoms with Gasteiger partial charge in [0.2, 0.25) is 0 Å². The van der Waals surface area contributed by atoms with E-state index < -0.39 is 10.8 Å². The Kier molecular flexibility index (Phi) is 6.11. The summed E-state index contributed by atoms with van der Waals surface area (Å²) in [4.78, 5) is 22.7. The van der Waals surface area contributed by atoms with Crippen LogP contribution in [0.15, 0.2) is 42.5 Å². The molecule has 2 aromatic rings. The average Bonchev–Trinajstić information content (AvgIpc) is 2.57. The number of carbonyl (C=O) groups excluding carboxylic acids is 1. The zero-order chi connectivity index (χ0) is 17.5. The maximum atomic E-state index is 12.4. The SMILES string of the molecule is COCCOc1ccccc1C(=O)Nc1ccc(Cl)c([N+](=O)[O-])c1. The Labute approximate surface area is 143 Å². The second-order valence-corrected chi connectivity index (χ2v) is 5.12. The quantitative estimate of drug-likeness (QED) is 0.468. The maximum absolute atomic E-state index is 12.4. The Balaban J connectivity index is 2.18. The molecule has 0 aliphatic heterocycles. The van der Waals surface area contributed by atoms with Crippen LogP contribution >= 0.6 is 11.6 Å². The molecule has 1 N–H and O–H groups in total. The molecule has 0 aliphatic carbocycles. The number of anilines is 1. The highest BCUT2D eigenvalue weighted by Gasteiger charge is 2.16. The molecule has 126 valence electrons. The van der Waals surface area contributed by atoms with Crippen molar-refractivity contribution in [3.05, 3.63) is 63.2 Å². The highest BCUT2D eigenvalue weighted by atomic mass is 35.5. The van der Waals surface area contributed by atoms with Crippen molar-refractivity contribution in [2.24, 2.45) is 0 Å². The molecule has 1 amide bonds. The molecule has 2 aromatic carbocycles. The largest absolute Gasteiger partial charge is 0.490 e. The average molecular weight is 351 g/mol. The summed E-state index contributed by atoms with van der Waals surface area (Å²) in [5.74, 6) is -0.0462. The molecular weight excluding hydrogens is 336 g/mol. The molecule has 0 atom stereocenters. The van der Waals surface area contributed by atoms with Crippen LogP contribution in [0.25, 0.3) is 0 Å². The molecule has 0 bridgehead atoms. The number of nitro groups is 1. The normalized spacial score (nSPS) is 10.2. The number of nitro benzene ring substituents is 1. The fraction of sp³-hybridized carbons (Fsp3) is 0.188. The molecular formula is C16H15ClN2O5. The van der Waals surface area contributed by atoms with E-state index >= 15 is 0 Å². The molecule has 0 aliphatic rings. The minimum Gasteiger partial charge on any atom is -0.490 e. The van der Waals surface area contributed by atoms with Gasteiger partial charge in [0.15, 0.2) is 0 Å². The van der Waals surface area contributed by atoms with Gasteiger partial charge in [-0.25, -0.2) is 0 Å². The van der Waals surface area contributed by atoms with Gasteiger partial charge in [-0.05, 0) is 24.3 Å². The molecule has 0 radical (unpaired) electrons. The van der Waals surface area contributed by atoms with E-state index in [2.05, 4.69) is 5.32 Å². The van der Waals surface area contributed by atoms with Gasteiger partial charge < -0.3 is 14.8 Å². The standard InChI is InChI=1S/C16H15ClN2O5/c1-23-8-9-24-15-5-3-2-4-12(15)16(20)18-11-6-7-13(17)14(10-11)19(21)22/h2-7,10H,8-9H2,1H3,(H,18,20). The van der Waals surface area contributed by atoms with Crippen LogP contribution in [0.2, 0.25) is 5.02 Å². The van der Waals surface area contributed by atoms with Gasteiger partial charge in [0.25, 0.3) is 11.6 Å². The van der Waals surface area contributed by atoms with Crippen LogP contribution in [0.4, 0.5) is 11.4 Å². The van der Waals surface area contributed by atoms with Crippen LogP contribution in [0.3, 0.4) is 0 Å². The molecule has 0 heterocycles. The lowest BCUT2D eigenvalue weighted by Crippen LogP contribution is -2.15. The first-order valence-electron chi connectivity index (χ1n) is 6.99. The number of rotatable bonds is 7. The van der Waals surface area contributed by atoms with E-state index in [9.17, 15) is 14.9 Å². The number of nitrogens with zero attached hydrogens (tertiary/aromatic N) is 1.